The molecule has 2 aromatic heterocycles. The van der Waals surface area contributed by atoms with Crippen LogP contribution in [0.3, 0.4) is 0 Å². The van der Waals surface area contributed by atoms with E-state index in [-0.39, 0.29) is 18.3 Å². The van der Waals surface area contributed by atoms with E-state index in [0.717, 1.165) is 5.56 Å². The van der Waals surface area contributed by atoms with Crippen LogP contribution in [0, 0.1) is 5.82 Å². The maximum Gasteiger partial charge on any atom is 0.258 e. The molecule has 0 fully saturated rings. The molecule has 3 rings (SSSR count). The van der Waals surface area contributed by atoms with Crippen molar-refractivity contribution in [2.45, 2.75) is 6.54 Å². The third-order valence-electron chi connectivity index (χ3n) is 3.27. The second-order valence-corrected chi connectivity index (χ2v) is 5.05. The molecule has 3 aromatic rings. The zero-order valence-corrected chi connectivity index (χ0v) is 12.7. The Morgan fingerprint density at radius 1 is 1.21 bits per heavy atom. The molecule has 0 aliphatic carbocycles. The average molecular weight is 326 g/mol. The Morgan fingerprint density at radius 2 is 2.04 bits per heavy atom. The minimum atomic E-state index is -0.350. The van der Waals surface area contributed by atoms with Crippen molar-refractivity contribution < 1.29 is 18.3 Å². The maximum absolute atomic E-state index is 12.8. The highest BCUT2D eigenvalue weighted by Crippen LogP contribution is 2.18. The van der Waals surface area contributed by atoms with Crippen LogP contribution >= 0.6 is 0 Å². The van der Waals surface area contributed by atoms with Gasteiger partial charge in [-0.15, -0.1) is 0 Å². The van der Waals surface area contributed by atoms with Crippen molar-refractivity contribution >= 4 is 5.91 Å². The van der Waals surface area contributed by atoms with Crippen molar-refractivity contribution in [3.63, 3.8) is 0 Å². The van der Waals surface area contributed by atoms with Crippen molar-refractivity contribution in [1.29, 1.82) is 0 Å². The van der Waals surface area contributed by atoms with E-state index >= 15 is 0 Å². The lowest BCUT2D eigenvalue weighted by molar-refractivity contribution is -0.123. The van der Waals surface area contributed by atoms with Gasteiger partial charge in [-0.2, -0.15) is 0 Å². The number of ether oxygens (including phenoxy) is 1. The predicted octanol–water partition coefficient (Wildman–Crippen LogP) is 3.18. The van der Waals surface area contributed by atoms with Crippen LogP contribution in [0.4, 0.5) is 4.39 Å². The maximum atomic E-state index is 12.8. The third-order valence-corrected chi connectivity index (χ3v) is 3.27. The molecular weight excluding hydrogens is 311 g/mol. The molecule has 2 heterocycles. The molecule has 1 N–H and O–H groups in total. The van der Waals surface area contributed by atoms with E-state index in [1.165, 1.54) is 24.3 Å². The topological polar surface area (TPSA) is 64.4 Å². The molecule has 0 saturated heterocycles. The Hall–Kier alpha value is -3.15. The van der Waals surface area contributed by atoms with Crippen molar-refractivity contribution in [1.82, 2.24) is 10.3 Å². The van der Waals surface area contributed by atoms with Crippen LogP contribution < -0.4 is 10.1 Å². The number of carbonyl (C=O) groups excluding carboxylic acids is 1. The number of carbonyl (C=O) groups is 1. The zero-order chi connectivity index (χ0) is 16.8. The van der Waals surface area contributed by atoms with Gasteiger partial charge in [-0.1, -0.05) is 0 Å². The van der Waals surface area contributed by atoms with E-state index in [1.54, 1.807) is 18.5 Å². The molecule has 0 aliphatic rings. The summed E-state index contributed by atoms with van der Waals surface area (Å²) < 4.78 is 23.4. The van der Waals surface area contributed by atoms with E-state index in [2.05, 4.69) is 10.3 Å². The summed E-state index contributed by atoms with van der Waals surface area (Å²) in [6, 6.07) is 12.8. The Bertz CT molecular complexity index is 801. The molecule has 5 nitrogen and oxygen atoms in total. The smallest absolute Gasteiger partial charge is 0.258 e. The van der Waals surface area contributed by atoms with Crippen molar-refractivity contribution in [3.05, 3.63) is 72.4 Å². The standard InChI is InChI=1S/C18H15FN2O3/c19-14-3-5-15(6-4-14)24-12-18(22)21-11-13-7-8-20-16(10-13)17-2-1-9-23-17/h1-10H,11-12H2,(H,21,22). The molecule has 0 unspecified atom stereocenters. The summed E-state index contributed by atoms with van der Waals surface area (Å²) in [4.78, 5) is 16.1. The van der Waals surface area contributed by atoms with Gasteiger partial charge in [-0.25, -0.2) is 4.39 Å². The molecule has 0 saturated carbocycles. The average Bonchev–Trinajstić information content (AvgIpc) is 3.14. The van der Waals surface area contributed by atoms with Gasteiger partial charge in [0.25, 0.3) is 5.91 Å². The number of rotatable bonds is 6. The fourth-order valence-electron chi connectivity index (χ4n) is 2.07. The molecule has 1 amide bonds. The summed E-state index contributed by atoms with van der Waals surface area (Å²) >= 11 is 0. The molecule has 0 aliphatic heterocycles. The molecular formula is C18H15FN2O3. The summed E-state index contributed by atoms with van der Waals surface area (Å²) in [5.41, 5.74) is 1.60. The first kappa shape index (κ1) is 15.7. The van der Waals surface area contributed by atoms with Gasteiger partial charge in [0, 0.05) is 12.7 Å². The fraction of sp³-hybridized carbons (Fsp3) is 0.111. The summed E-state index contributed by atoms with van der Waals surface area (Å²) in [5.74, 6) is 0.492. The lowest BCUT2D eigenvalue weighted by Crippen LogP contribution is -2.28. The highest BCUT2D eigenvalue weighted by atomic mass is 19.1. The van der Waals surface area contributed by atoms with Gasteiger partial charge in [-0.05, 0) is 54.1 Å². The van der Waals surface area contributed by atoms with E-state index in [0.29, 0.717) is 23.7 Å². The first-order valence-electron chi connectivity index (χ1n) is 7.34. The van der Waals surface area contributed by atoms with Gasteiger partial charge in [0.1, 0.15) is 17.3 Å². The van der Waals surface area contributed by atoms with Gasteiger partial charge in [0.05, 0.1) is 6.26 Å². The molecule has 6 heteroatoms. The molecule has 0 bridgehead atoms. The van der Waals surface area contributed by atoms with Gasteiger partial charge in [-0.3, -0.25) is 9.78 Å². The van der Waals surface area contributed by atoms with Crippen LogP contribution in [-0.2, 0) is 11.3 Å². The number of hydrogen-bond donors (Lipinski definition) is 1. The molecule has 0 spiro atoms. The number of nitrogens with zero attached hydrogens (tertiary/aromatic N) is 1. The first-order chi connectivity index (χ1) is 11.7. The summed E-state index contributed by atoms with van der Waals surface area (Å²) in [7, 11) is 0. The van der Waals surface area contributed by atoms with Gasteiger partial charge in [0.2, 0.25) is 0 Å². The monoisotopic (exact) mass is 326 g/mol. The van der Waals surface area contributed by atoms with Crippen molar-refractivity contribution in [3.8, 4) is 17.2 Å². The highest BCUT2D eigenvalue weighted by Gasteiger charge is 2.06. The summed E-state index contributed by atoms with van der Waals surface area (Å²) in [5, 5.41) is 2.76. The Morgan fingerprint density at radius 3 is 2.79 bits per heavy atom. The fourth-order valence-corrected chi connectivity index (χ4v) is 2.07. The van der Waals surface area contributed by atoms with E-state index in [1.807, 2.05) is 18.2 Å². The second kappa shape index (κ2) is 7.41. The molecule has 0 radical (unpaired) electrons. The third kappa shape index (κ3) is 4.19. The van der Waals surface area contributed by atoms with Crippen molar-refractivity contribution in [2.75, 3.05) is 6.61 Å². The van der Waals surface area contributed by atoms with Crippen LogP contribution in [0.5, 0.6) is 5.75 Å². The zero-order valence-electron chi connectivity index (χ0n) is 12.7. The molecule has 1 aromatic carbocycles. The normalized spacial score (nSPS) is 10.4. The summed E-state index contributed by atoms with van der Waals surface area (Å²) in [6.45, 7) is 0.212. The van der Waals surface area contributed by atoms with Crippen molar-refractivity contribution in [2.24, 2.45) is 0 Å². The summed E-state index contributed by atoms with van der Waals surface area (Å²) in [6.07, 6.45) is 3.24. The van der Waals surface area contributed by atoms with Crippen LogP contribution in [0.25, 0.3) is 11.5 Å². The van der Waals surface area contributed by atoms with Gasteiger partial charge < -0.3 is 14.5 Å². The van der Waals surface area contributed by atoms with E-state index in [9.17, 15) is 9.18 Å². The number of nitrogens with one attached hydrogen (secondary N) is 1. The number of hydrogen-bond acceptors (Lipinski definition) is 4. The SMILES string of the molecule is O=C(COc1ccc(F)cc1)NCc1ccnc(-c2ccco2)c1. The van der Waals surface area contributed by atoms with Crippen LogP contribution in [0.15, 0.2) is 65.4 Å². The Balaban J connectivity index is 1.51. The highest BCUT2D eigenvalue weighted by molar-refractivity contribution is 5.77. The number of furan rings is 1. The van der Waals surface area contributed by atoms with E-state index < -0.39 is 0 Å². The Labute approximate surface area is 138 Å². The number of benzene rings is 1. The number of amides is 1. The Kier molecular flexibility index (Phi) is 4.86. The number of halogens is 1. The van der Waals surface area contributed by atoms with E-state index in [4.69, 9.17) is 9.15 Å². The largest absolute Gasteiger partial charge is 0.484 e. The molecule has 24 heavy (non-hydrogen) atoms. The number of aromatic nitrogens is 1. The quantitative estimate of drug-likeness (QED) is 0.756. The van der Waals surface area contributed by atoms with Gasteiger partial charge >= 0.3 is 0 Å². The van der Waals surface area contributed by atoms with Crippen LogP contribution in [0.2, 0.25) is 0 Å². The second-order valence-electron chi connectivity index (χ2n) is 5.05. The van der Waals surface area contributed by atoms with Gasteiger partial charge in [0.15, 0.2) is 12.4 Å². The minimum absolute atomic E-state index is 0.137. The first-order valence-corrected chi connectivity index (χ1v) is 7.34. The number of pyridine rings is 1. The molecule has 0 atom stereocenters. The van der Waals surface area contributed by atoms with Crippen LogP contribution in [-0.4, -0.2) is 17.5 Å². The lowest BCUT2D eigenvalue weighted by atomic mass is 10.2. The minimum Gasteiger partial charge on any atom is -0.484 e. The predicted molar refractivity (Wildman–Crippen MR) is 85.7 cm³/mol. The lowest BCUT2D eigenvalue weighted by Gasteiger charge is -2.08. The molecule has 122 valence electrons. The van der Waals surface area contributed by atoms with Crippen LogP contribution in [0.1, 0.15) is 5.56 Å².